The maximum atomic E-state index is 14.2. The molecule has 3 rings (SSSR count). The van der Waals surface area contributed by atoms with Crippen LogP contribution in [0, 0.1) is 0 Å². The molecule has 0 atom stereocenters. The number of alkyl halides is 2. The van der Waals surface area contributed by atoms with Crippen LogP contribution in [0.25, 0.3) is 6.08 Å². The van der Waals surface area contributed by atoms with Gasteiger partial charge in [-0.15, -0.1) is 0 Å². The molecule has 1 aliphatic rings. The number of aromatic carboxylic acids is 1. The fourth-order valence-electron chi connectivity index (χ4n) is 2.43. The molecule has 0 aliphatic carbocycles. The van der Waals surface area contributed by atoms with Gasteiger partial charge in [0.25, 0.3) is 5.92 Å². The monoisotopic (exact) mass is 332 g/mol. The Balaban J connectivity index is 1.77. The molecule has 1 aliphatic heterocycles. The van der Waals surface area contributed by atoms with E-state index in [4.69, 9.17) is 14.6 Å². The second-order valence-corrected chi connectivity index (χ2v) is 5.35. The molecule has 1 N–H and O–H groups in total. The van der Waals surface area contributed by atoms with Gasteiger partial charge in [-0.05, 0) is 35.4 Å². The highest BCUT2D eigenvalue weighted by Crippen LogP contribution is 2.33. The number of ether oxygens (including phenoxy) is 2. The van der Waals surface area contributed by atoms with Crippen LogP contribution in [-0.4, -0.2) is 23.8 Å². The van der Waals surface area contributed by atoms with E-state index in [1.54, 1.807) is 24.3 Å². The Morgan fingerprint density at radius 2 is 1.92 bits per heavy atom. The molecular weight excluding hydrogens is 318 g/mol. The minimum absolute atomic E-state index is 0.0883. The van der Waals surface area contributed by atoms with E-state index in [9.17, 15) is 13.6 Å². The normalized spacial score (nSPS) is 13.4. The highest BCUT2D eigenvalue weighted by Gasteiger charge is 2.27. The van der Waals surface area contributed by atoms with E-state index < -0.39 is 18.3 Å². The van der Waals surface area contributed by atoms with Crippen LogP contribution in [0.5, 0.6) is 11.5 Å². The van der Waals surface area contributed by atoms with Crippen LogP contribution in [0.3, 0.4) is 0 Å². The van der Waals surface area contributed by atoms with Crippen molar-refractivity contribution in [3.63, 3.8) is 0 Å². The molecule has 0 fully saturated rings. The van der Waals surface area contributed by atoms with E-state index in [2.05, 4.69) is 0 Å². The molecule has 0 aromatic heterocycles. The van der Waals surface area contributed by atoms with Crippen molar-refractivity contribution >= 4 is 12.0 Å². The summed E-state index contributed by atoms with van der Waals surface area (Å²) in [6.45, 7) is 0.116. The van der Waals surface area contributed by atoms with Crippen molar-refractivity contribution in [3.05, 3.63) is 65.2 Å². The molecule has 124 valence electrons. The van der Waals surface area contributed by atoms with Gasteiger partial charge in [-0.25, -0.2) is 13.6 Å². The Morgan fingerprint density at radius 3 is 2.71 bits per heavy atom. The zero-order chi connectivity index (χ0) is 17.2. The lowest BCUT2D eigenvalue weighted by atomic mass is 10.0. The second-order valence-electron chi connectivity index (χ2n) is 5.35. The predicted octanol–water partition coefficient (Wildman–Crippen LogP) is 4.00. The number of fused-ring (bicyclic) bond motifs is 1. The number of hydrogen-bond donors (Lipinski definition) is 1. The maximum Gasteiger partial charge on any atom is 0.335 e. The van der Waals surface area contributed by atoms with Crippen molar-refractivity contribution in [1.82, 2.24) is 0 Å². The first-order valence-electron chi connectivity index (χ1n) is 7.22. The average Bonchev–Trinajstić information content (AvgIpc) is 3.00. The van der Waals surface area contributed by atoms with Crippen LogP contribution in [-0.2, 0) is 6.42 Å². The van der Waals surface area contributed by atoms with Gasteiger partial charge in [0.2, 0.25) is 6.79 Å². The van der Waals surface area contributed by atoms with E-state index in [1.807, 2.05) is 0 Å². The third kappa shape index (κ3) is 3.53. The van der Waals surface area contributed by atoms with Crippen LogP contribution in [0.1, 0.15) is 21.5 Å². The topological polar surface area (TPSA) is 55.8 Å². The molecule has 0 bridgehead atoms. The fourth-order valence-corrected chi connectivity index (χ4v) is 2.43. The lowest BCUT2D eigenvalue weighted by Gasteiger charge is -2.13. The molecule has 4 nitrogen and oxygen atoms in total. The summed E-state index contributed by atoms with van der Waals surface area (Å²) in [5.41, 5.74) is 0.518. The minimum atomic E-state index is -3.18. The van der Waals surface area contributed by atoms with Gasteiger partial charge in [-0.1, -0.05) is 30.3 Å². The van der Waals surface area contributed by atoms with Gasteiger partial charge in [-0.3, -0.25) is 0 Å². The number of carbonyl (C=O) groups is 1. The molecule has 0 amide bonds. The van der Waals surface area contributed by atoms with Crippen molar-refractivity contribution in [2.75, 3.05) is 6.79 Å². The zero-order valence-electron chi connectivity index (χ0n) is 12.5. The summed E-state index contributed by atoms with van der Waals surface area (Å²) in [5, 5.41) is 9.07. The molecule has 1 heterocycles. The van der Waals surface area contributed by atoms with E-state index in [0.717, 1.165) is 6.08 Å². The van der Waals surface area contributed by atoms with Gasteiger partial charge in [-0.2, -0.15) is 0 Å². The summed E-state index contributed by atoms with van der Waals surface area (Å²) in [6.07, 6.45) is 1.37. The zero-order valence-corrected chi connectivity index (χ0v) is 12.5. The number of halogens is 2. The van der Waals surface area contributed by atoms with Crippen molar-refractivity contribution in [2.45, 2.75) is 12.3 Å². The van der Waals surface area contributed by atoms with E-state index in [0.29, 0.717) is 17.1 Å². The second kappa shape index (κ2) is 6.31. The van der Waals surface area contributed by atoms with Crippen LogP contribution in [0.4, 0.5) is 8.78 Å². The van der Waals surface area contributed by atoms with Gasteiger partial charge < -0.3 is 14.6 Å². The molecular formula is C18H14F2O4. The van der Waals surface area contributed by atoms with Crippen LogP contribution in [0.2, 0.25) is 0 Å². The Labute approximate surface area is 136 Å². The number of allylic oxidation sites excluding steroid dienone is 1. The Bertz CT molecular complexity index is 799. The van der Waals surface area contributed by atoms with Crippen molar-refractivity contribution in [1.29, 1.82) is 0 Å². The Kier molecular flexibility index (Phi) is 4.20. The maximum absolute atomic E-state index is 14.2. The lowest BCUT2D eigenvalue weighted by Crippen LogP contribution is -2.18. The standard InChI is InChI=1S/C18H14F2O4/c19-18(20,10-13-3-1-2-4-14(13)17(21)22)8-7-12-5-6-15-16(9-12)24-11-23-15/h1-9H,10-11H2,(H,21,22)/b8-7+. The SMILES string of the molecule is O=C(O)c1ccccc1CC(F)(F)/C=C/c1ccc2c(c1)OCO2. The van der Waals surface area contributed by atoms with E-state index in [1.165, 1.54) is 24.3 Å². The fraction of sp³-hybridized carbons (Fsp3) is 0.167. The van der Waals surface area contributed by atoms with Gasteiger partial charge in [0.05, 0.1) is 5.56 Å². The predicted molar refractivity (Wildman–Crippen MR) is 83.7 cm³/mol. The van der Waals surface area contributed by atoms with Gasteiger partial charge >= 0.3 is 5.97 Å². The molecule has 0 saturated heterocycles. The first-order valence-corrected chi connectivity index (χ1v) is 7.22. The summed E-state index contributed by atoms with van der Waals surface area (Å²) < 4.78 is 38.7. The summed E-state index contributed by atoms with van der Waals surface area (Å²) in [6, 6.07) is 10.7. The smallest absolute Gasteiger partial charge is 0.335 e. The summed E-state index contributed by atoms with van der Waals surface area (Å²) >= 11 is 0. The molecule has 0 saturated carbocycles. The van der Waals surface area contributed by atoms with Crippen molar-refractivity contribution < 1.29 is 28.2 Å². The molecule has 2 aromatic carbocycles. The number of rotatable bonds is 5. The van der Waals surface area contributed by atoms with Crippen LogP contribution < -0.4 is 9.47 Å². The molecule has 2 aromatic rings. The highest BCUT2D eigenvalue weighted by molar-refractivity contribution is 5.89. The van der Waals surface area contributed by atoms with E-state index in [-0.39, 0.29) is 17.9 Å². The van der Waals surface area contributed by atoms with Gasteiger partial charge in [0.15, 0.2) is 11.5 Å². The number of carboxylic acids is 1. The Morgan fingerprint density at radius 1 is 1.17 bits per heavy atom. The largest absolute Gasteiger partial charge is 0.478 e. The Hall–Kier alpha value is -2.89. The summed E-state index contributed by atoms with van der Waals surface area (Å²) in [5.74, 6) is -3.31. The minimum Gasteiger partial charge on any atom is -0.478 e. The van der Waals surface area contributed by atoms with Gasteiger partial charge in [0.1, 0.15) is 0 Å². The average molecular weight is 332 g/mol. The first-order chi connectivity index (χ1) is 11.4. The van der Waals surface area contributed by atoms with Crippen molar-refractivity contribution in [3.8, 4) is 11.5 Å². The lowest BCUT2D eigenvalue weighted by molar-refractivity contribution is 0.0557. The number of benzene rings is 2. The summed E-state index contributed by atoms with van der Waals surface area (Å²) in [7, 11) is 0. The van der Waals surface area contributed by atoms with Crippen LogP contribution in [0.15, 0.2) is 48.5 Å². The molecule has 0 unspecified atom stereocenters. The highest BCUT2D eigenvalue weighted by atomic mass is 19.3. The quantitative estimate of drug-likeness (QED) is 0.899. The van der Waals surface area contributed by atoms with E-state index >= 15 is 0 Å². The molecule has 0 radical (unpaired) electrons. The third-order valence-electron chi connectivity index (χ3n) is 3.59. The number of hydrogen-bond acceptors (Lipinski definition) is 3. The number of carboxylic acid groups (broad SMARTS) is 1. The molecule has 6 heteroatoms. The van der Waals surface area contributed by atoms with Crippen LogP contribution >= 0.6 is 0 Å². The summed E-state index contributed by atoms with van der Waals surface area (Å²) in [4.78, 5) is 11.1. The third-order valence-corrected chi connectivity index (χ3v) is 3.59. The molecule has 0 spiro atoms. The molecule has 24 heavy (non-hydrogen) atoms. The van der Waals surface area contributed by atoms with Gasteiger partial charge in [0, 0.05) is 6.42 Å². The van der Waals surface area contributed by atoms with Crippen molar-refractivity contribution in [2.24, 2.45) is 0 Å². The first kappa shape index (κ1) is 16.0.